The lowest BCUT2D eigenvalue weighted by atomic mass is 9.86. The molecule has 2 radical (unpaired) electrons. The Morgan fingerprint density at radius 3 is 2.00 bits per heavy atom. The molecule has 0 aliphatic heterocycles. The normalized spacial score (nSPS) is 12.6. The maximum absolute atomic E-state index is 5.54. The van der Waals surface area contributed by atoms with Gasteiger partial charge in [-0.05, 0) is 25.9 Å². The third-order valence-electron chi connectivity index (χ3n) is 0.455. The molecule has 0 aromatic heterocycles. The van der Waals surface area contributed by atoms with Crippen molar-refractivity contribution >= 4 is 19.9 Å². The Morgan fingerprint density at radius 2 is 1.89 bits per heavy atom. The fourth-order valence-electron chi connectivity index (χ4n) is 0.220. The van der Waals surface area contributed by atoms with E-state index < -0.39 is 5.50 Å². The van der Waals surface area contributed by atoms with Gasteiger partial charge < -0.3 is 4.18 Å². The van der Waals surface area contributed by atoms with Crippen molar-refractivity contribution in [2.45, 2.75) is 38.4 Å². The predicted octanol–water partition coefficient (Wildman–Crippen LogP) is 1.96. The second-order valence-corrected chi connectivity index (χ2v) is 4.13. The van der Waals surface area contributed by atoms with Gasteiger partial charge in [0.05, 0.1) is 0 Å². The van der Waals surface area contributed by atoms with Crippen molar-refractivity contribution in [3.05, 3.63) is 0 Å². The van der Waals surface area contributed by atoms with Gasteiger partial charge in [-0.2, -0.15) is 0 Å². The van der Waals surface area contributed by atoms with Crippen LogP contribution >= 0.6 is 12.0 Å². The van der Waals surface area contributed by atoms with Gasteiger partial charge >= 0.3 is 0 Å². The number of hydrogen-bond donors (Lipinski definition) is 0. The SMILES string of the molecule is [B]C(C)(C)OSC(C)C. The standard InChI is InChI=1S/C6H13BOS/c1-5(2)9-8-6(3,4)7/h5H,1-4H3. The minimum atomic E-state index is -0.505. The molecule has 0 amide bonds. The van der Waals surface area contributed by atoms with Gasteiger partial charge in [0.25, 0.3) is 0 Å². The van der Waals surface area contributed by atoms with E-state index in [1.165, 1.54) is 12.0 Å². The van der Waals surface area contributed by atoms with Crippen LogP contribution in [0, 0.1) is 0 Å². The molecule has 0 aliphatic rings. The molecule has 0 unspecified atom stereocenters. The summed E-state index contributed by atoms with van der Waals surface area (Å²) < 4.78 is 5.19. The van der Waals surface area contributed by atoms with E-state index in [4.69, 9.17) is 12.0 Å². The van der Waals surface area contributed by atoms with Crippen LogP contribution in [0.3, 0.4) is 0 Å². The van der Waals surface area contributed by atoms with Crippen LogP contribution in [0.5, 0.6) is 0 Å². The molecular weight excluding hydrogens is 131 g/mol. The van der Waals surface area contributed by atoms with Crippen molar-refractivity contribution in [3.8, 4) is 0 Å². The van der Waals surface area contributed by atoms with Crippen LogP contribution in [0.2, 0.25) is 0 Å². The van der Waals surface area contributed by atoms with Crippen molar-refractivity contribution in [2.24, 2.45) is 0 Å². The van der Waals surface area contributed by atoms with Crippen molar-refractivity contribution in [2.75, 3.05) is 0 Å². The summed E-state index contributed by atoms with van der Waals surface area (Å²) in [6.07, 6.45) is 0. The Labute approximate surface area is 63.2 Å². The first-order valence-corrected chi connectivity index (χ1v) is 3.85. The molecule has 0 rings (SSSR count). The molecule has 0 saturated carbocycles. The fourth-order valence-corrected chi connectivity index (χ4v) is 0.661. The molecule has 52 valence electrons. The molecular formula is C6H13BOS. The first kappa shape index (κ1) is 9.37. The zero-order chi connectivity index (χ0) is 7.49. The molecule has 0 saturated heterocycles. The van der Waals surface area contributed by atoms with Crippen molar-refractivity contribution in [3.63, 3.8) is 0 Å². The molecule has 0 aromatic rings. The monoisotopic (exact) mass is 144 g/mol. The molecule has 9 heavy (non-hydrogen) atoms. The Morgan fingerprint density at radius 1 is 1.44 bits per heavy atom. The van der Waals surface area contributed by atoms with E-state index in [-0.39, 0.29) is 0 Å². The van der Waals surface area contributed by atoms with Gasteiger partial charge in [0, 0.05) is 10.8 Å². The summed E-state index contributed by atoms with van der Waals surface area (Å²) in [5.41, 5.74) is -0.505. The van der Waals surface area contributed by atoms with Gasteiger partial charge in [-0.3, -0.25) is 0 Å². The van der Waals surface area contributed by atoms with Crippen LogP contribution in [-0.4, -0.2) is 18.6 Å². The summed E-state index contributed by atoms with van der Waals surface area (Å²) in [5.74, 6) is 0. The zero-order valence-corrected chi connectivity index (χ0v) is 7.29. The fraction of sp³-hybridized carbons (Fsp3) is 1.00. The van der Waals surface area contributed by atoms with Crippen LogP contribution in [-0.2, 0) is 4.18 Å². The summed E-state index contributed by atoms with van der Waals surface area (Å²) >= 11 is 1.41. The molecule has 1 nitrogen and oxygen atoms in total. The third-order valence-corrected chi connectivity index (χ3v) is 1.37. The Hall–Kier alpha value is 0.375. The van der Waals surface area contributed by atoms with Crippen molar-refractivity contribution in [1.29, 1.82) is 0 Å². The van der Waals surface area contributed by atoms with Crippen LogP contribution < -0.4 is 0 Å². The molecule has 0 spiro atoms. The minimum absolute atomic E-state index is 0.479. The Kier molecular flexibility index (Phi) is 3.67. The van der Waals surface area contributed by atoms with Crippen LogP contribution in [0.15, 0.2) is 0 Å². The van der Waals surface area contributed by atoms with E-state index in [1.807, 2.05) is 13.8 Å². The Bertz CT molecular complexity index is 77.6. The lowest BCUT2D eigenvalue weighted by Crippen LogP contribution is -2.21. The zero-order valence-electron chi connectivity index (χ0n) is 6.47. The van der Waals surface area contributed by atoms with Gasteiger partial charge in [0.2, 0.25) is 0 Å². The quantitative estimate of drug-likeness (QED) is 0.442. The number of rotatable bonds is 3. The average Bonchev–Trinajstić information content (AvgIpc) is 1.59. The third kappa shape index (κ3) is 8.37. The second kappa shape index (κ2) is 3.52. The van der Waals surface area contributed by atoms with E-state index in [1.54, 1.807) is 0 Å². The van der Waals surface area contributed by atoms with Crippen LogP contribution in [0.25, 0.3) is 0 Å². The molecule has 3 heteroatoms. The maximum Gasteiger partial charge on any atom is 0.114 e. The van der Waals surface area contributed by atoms with E-state index in [9.17, 15) is 0 Å². The Balaban J connectivity index is 3.28. The van der Waals surface area contributed by atoms with Gasteiger partial charge in [-0.15, -0.1) is 0 Å². The topological polar surface area (TPSA) is 9.23 Å². The highest BCUT2D eigenvalue weighted by molar-refractivity contribution is 7.95. The number of hydrogen-bond acceptors (Lipinski definition) is 2. The van der Waals surface area contributed by atoms with E-state index in [0.29, 0.717) is 5.25 Å². The minimum Gasteiger partial charge on any atom is -0.319 e. The largest absolute Gasteiger partial charge is 0.319 e. The highest BCUT2D eigenvalue weighted by atomic mass is 32.2. The molecule has 0 heterocycles. The van der Waals surface area contributed by atoms with Gasteiger partial charge in [-0.25, -0.2) is 0 Å². The average molecular weight is 144 g/mol. The highest BCUT2D eigenvalue weighted by Crippen LogP contribution is 2.18. The lowest BCUT2D eigenvalue weighted by molar-refractivity contribution is 0.238. The molecule has 0 fully saturated rings. The van der Waals surface area contributed by atoms with E-state index in [2.05, 4.69) is 13.8 Å². The van der Waals surface area contributed by atoms with Gasteiger partial charge in [-0.1, -0.05) is 13.8 Å². The van der Waals surface area contributed by atoms with Crippen molar-refractivity contribution < 1.29 is 4.18 Å². The smallest absolute Gasteiger partial charge is 0.114 e. The van der Waals surface area contributed by atoms with Crippen LogP contribution in [0.4, 0.5) is 0 Å². The first-order valence-electron chi connectivity index (χ1n) is 3.05. The lowest BCUT2D eigenvalue weighted by Gasteiger charge is -2.19. The predicted molar refractivity (Wildman–Crippen MR) is 43.6 cm³/mol. The van der Waals surface area contributed by atoms with E-state index in [0.717, 1.165) is 0 Å². The highest BCUT2D eigenvalue weighted by Gasteiger charge is 2.10. The summed E-state index contributed by atoms with van der Waals surface area (Å²) in [6, 6.07) is 0. The summed E-state index contributed by atoms with van der Waals surface area (Å²) in [7, 11) is 5.54. The first-order chi connectivity index (χ1) is 3.92. The van der Waals surface area contributed by atoms with Crippen LogP contribution in [0.1, 0.15) is 27.7 Å². The molecule has 0 bridgehead atoms. The summed E-state index contributed by atoms with van der Waals surface area (Å²) in [6.45, 7) is 7.80. The second-order valence-electron chi connectivity index (χ2n) is 2.83. The van der Waals surface area contributed by atoms with E-state index >= 15 is 0 Å². The molecule has 0 aliphatic carbocycles. The molecule has 0 N–H and O–H groups in total. The maximum atomic E-state index is 5.54. The molecule has 0 atom stereocenters. The molecule has 0 aromatic carbocycles. The van der Waals surface area contributed by atoms with Crippen molar-refractivity contribution in [1.82, 2.24) is 0 Å². The van der Waals surface area contributed by atoms with Gasteiger partial charge in [0.1, 0.15) is 7.85 Å². The van der Waals surface area contributed by atoms with Gasteiger partial charge in [0.15, 0.2) is 0 Å². The summed E-state index contributed by atoms with van der Waals surface area (Å²) in [4.78, 5) is 0. The summed E-state index contributed by atoms with van der Waals surface area (Å²) in [5, 5.41) is 0.479.